The Labute approximate surface area is 136 Å². The van der Waals surface area contributed by atoms with Gasteiger partial charge < -0.3 is 10.2 Å². The fourth-order valence-electron chi connectivity index (χ4n) is 2.99. The standard InChI is InChI=1S/C17H21ClN4/c1-2-15-8-3-4-11-22(15)16-9-10-19-17(21-16)20-14-7-5-6-13(18)12-14/h5-7,9-10,12,15H,2-4,8,11H2,1H3,(H,19,20,21). The number of nitrogens with one attached hydrogen (secondary N) is 1. The fourth-order valence-corrected chi connectivity index (χ4v) is 3.18. The van der Waals surface area contributed by atoms with Crippen LogP contribution in [0.25, 0.3) is 0 Å². The molecule has 1 aromatic carbocycles. The minimum absolute atomic E-state index is 0.586. The van der Waals surface area contributed by atoms with Gasteiger partial charge in [-0.05, 0) is 49.9 Å². The van der Waals surface area contributed by atoms with Crippen LogP contribution in [0, 0.1) is 0 Å². The summed E-state index contributed by atoms with van der Waals surface area (Å²) < 4.78 is 0. The number of aromatic nitrogens is 2. The van der Waals surface area contributed by atoms with E-state index in [1.54, 1.807) is 0 Å². The maximum absolute atomic E-state index is 6.01. The Kier molecular flexibility index (Phi) is 4.78. The van der Waals surface area contributed by atoms with E-state index in [1.807, 2.05) is 36.5 Å². The maximum atomic E-state index is 6.01. The van der Waals surface area contributed by atoms with Crippen molar-refractivity contribution in [1.29, 1.82) is 0 Å². The lowest BCUT2D eigenvalue weighted by molar-refractivity contribution is 0.447. The average molecular weight is 317 g/mol. The molecule has 1 saturated heterocycles. The van der Waals surface area contributed by atoms with Crippen molar-refractivity contribution >= 4 is 29.1 Å². The van der Waals surface area contributed by atoms with Gasteiger partial charge in [0.1, 0.15) is 5.82 Å². The summed E-state index contributed by atoms with van der Waals surface area (Å²) in [5.74, 6) is 1.62. The zero-order chi connectivity index (χ0) is 15.4. The monoisotopic (exact) mass is 316 g/mol. The van der Waals surface area contributed by atoms with Gasteiger partial charge in [-0.25, -0.2) is 4.98 Å². The highest BCUT2D eigenvalue weighted by Crippen LogP contribution is 2.26. The van der Waals surface area contributed by atoms with Crippen LogP contribution in [0.4, 0.5) is 17.5 Å². The zero-order valence-corrected chi connectivity index (χ0v) is 13.6. The molecule has 1 unspecified atom stereocenters. The molecular weight excluding hydrogens is 296 g/mol. The third-order valence-electron chi connectivity index (χ3n) is 4.11. The molecule has 116 valence electrons. The van der Waals surface area contributed by atoms with E-state index in [0.717, 1.165) is 24.5 Å². The Morgan fingerprint density at radius 2 is 2.23 bits per heavy atom. The molecule has 2 aromatic rings. The van der Waals surface area contributed by atoms with Crippen LogP contribution in [0.15, 0.2) is 36.5 Å². The Hall–Kier alpha value is -1.81. The van der Waals surface area contributed by atoms with Gasteiger partial charge in [0.25, 0.3) is 0 Å². The summed E-state index contributed by atoms with van der Waals surface area (Å²) in [6, 6.07) is 10.2. The first-order valence-electron chi connectivity index (χ1n) is 7.88. The molecule has 1 aliphatic rings. The second kappa shape index (κ2) is 6.97. The Morgan fingerprint density at radius 1 is 1.32 bits per heavy atom. The molecule has 1 N–H and O–H groups in total. The van der Waals surface area contributed by atoms with Gasteiger partial charge in [0, 0.05) is 29.5 Å². The first kappa shape index (κ1) is 15.1. The lowest BCUT2D eigenvalue weighted by Gasteiger charge is -2.36. The van der Waals surface area contributed by atoms with E-state index >= 15 is 0 Å². The quantitative estimate of drug-likeness (QED) is 0.892. The van der Waals surface area contributed by atoms with Crippen molar-refractivity contribution in [1.82, 2.24) is 9.97 Å². The third-order valence-corrected chi connectivity index (χ3v) is 4.35. The van der Waals surface area contributed by atoms with Crippen molar-refractivity contribution in [2.45, 2.75) is 38.6 Å². The first-order valence-corrected chi connectivity index (χ1v) is 8.26. The van der Waals surface area contributed by atoms with E-state index in [2.05, 4.69) is 27.1 Å². The summed E-state index contributed by atoms with van der Waals surface area (Å²) in [5, 5.41) is 3.92. The second-order valence-corrected chi connectivity index (χ2v) is 6.06. The zero-order valence-electron chi connectivity index (χ0n) is 12.8. The molecule has 2 heterocycles. The number of hydrogen-bond donors (Lipinski definition) is 1. The van der Waals surface area contributed by atoms with Crippen LogP contribution >= 0.6 is 11.6 Å². The van der Waals surface area contributed by atoms with Gasteiger partial charge in [0.15, 0.2) is 0 Å². The summed E-state index contributed by atoms with van der Waals surface area (Å²) >= 11 is 6.01. The van der Waals surface area contributed by atoms with Gasteiger partial charge in [-0.1, -0.05) is 24.6 Å². The normalized spacial score (nSPS) is 18.3. The molecule has 0 bridgehead atoms. The van der Waals surface area contributed by atoms with Crippen LogP contribution in [0.3, 0.4) is 0 Å². The van der Waals surface area contributed by atoms with Gasteiger partial charge in [-0.3, -0.25) is 0 Å². The van der Waals surface area contributed by atoms with Crippen LogP contribution < -0.4 is 10.2 Å². The van der Waals surface area contributed by atoms with Crippen LogP contribution in [-0.4, -0.2) is 22.6 Å². The van der Waals surface area contributed by atoms with Crippen molar-refractivity contribution in [2.75, 3.05) is 16.8 Å². The highest BCUT2D eigenvalue weighted by molar-refractivity contribution is 6.30. The summed E-state index contributed by atoms with van der Waals surface area (Å²) in [4.78, 5) is 11.4. The summed E-state index contributed by atoms with van der Waals surface area (Å²) in [6.07, 6.45) is 6.76. The van der Waals surface area contributed by atoms with E-state index in [-0.39, 0.29) is 0 Å². The smallest absolute Gasteiger partial charge is 0.229 e. The summed E-state index contributed by atoms with van der Waals surface area (Å²) in [5.41, 5.74) is 0.898. The predicted octanol–water partition coefficient (Wildman–Crippen LogP) is 4.64. The number of hydrogen-bond acceptors (Lipinski definition) is 4. The first-order chi connectivity index (χ1) is 10.8. The number of piperidine rings is 1. The van der Waals surface area contributed by atoms with Crippen molar-refractivity contribution in [3.63, 3.8) is 0 Å². The molecule has 5 heteroatoms. The van der Waals surface area contributed by atoms with Crippen LogP contribution in [0.5, 0.6) is 0 Å². The number of anilines is 3. The molecule has 1 aromatic heterocycles. The van der Waals surface area contributed by atoms with E-state index < -0.39 is 0 Å². The number of nitrogens with zero attached hydrogens (tertiary/aromatic N) is 3. The molecule has 0 saturated carbocycles. The number of halogens is 1. The van der Waals surface area contributed by atoms with Crippen molar-refractivity contribution < 1.29 is 0 Å². The van der Waals surface area contributed by atoms with Gasteiger partial charge >= 0.3 is 0 Å². The van der Waals surface area contributed by atoms with Crippen molar-refractivity contribution in [3.05, 3.63) is 41.6 Å². The minimum Gasteiger partial charge on any atom is -0.353 e. The van der Waals surface area contributed by atoms with Gasteiger partial charge in [-0.2, -0.15) is 4.98 Å². The molecule has 4 nitrogen and oxygen atoms in total. The van der Waals surface area contributed by atoms with Gasteiger partial charge in [0.2, 0.25) is 5.95 Å². The highest BCUT2D eigenvalue weighted by atomic mass is 35.5. The highest BCUT2D eigenvalue weighted by Gasteiger charge is 2.22. The van der Waals surface area contributed by atoms with Crippen molar-refractivity contribution in [2.24, 2.45) is 0 Å². The van der Waals surface area contributed by atoms with Gasteiger partial charge in [0.05, 0.1) is 0 Å². The Morgan fingerprint density at radius 3 is 3.05 bits per heavy atom. The minimum atomic E-state index is 0.586. The fraction of sp³-hybridized carbons (Fsp3) is 0.412. The van der Waals surface area contributed by atoms with E-state index in [4.69, 9.17) is 11.6 Å². The molecule has 1 atom stereocenters. The van der Waals surface area contributed by atoms with Crippen LogP contribution in [-0.2, 0) is 0 Å². The van der Waals surface area contributed by atoms with E-state index in [0.29, 0.717) is 17.0 Å². The molecular formula is C17H21ClN4. The number of benzene rings is 1. The SMILES string of the molecule is CCC1CCCCN1c1ccnc(Nc2cccc(Cl)c2)n1. The molecule has 0 amide bonds. The molecule has 0 aliphatic carbocycles. The number of rotatable bonds is 4. The molecule has 0 spiro atoms. The van der Waals surface area contributed by atoms with Crippen LogP contribution in [0.1, 0.15) is 32.6 Å². The van der Waals surface area contributed by atoms with E-state index in [1.165, 1.54) is 19.3 Å². The maximum Gasteiger partial charge on any atom is 0.229 e. The van der Waals surface area contributed by atoms with Crippen LogP contribution in [0.2, 0.25) is 5.02 Å². The third kappa shape index (κ3) is 3.50. The second-order valence-electron chi connectivity index (χ2n) is 5.63. The topological polar surface area (TPSA) is 41.1 Å². The molecule has 1 fully saturated rings. The lowest BCUT2D eigenvalue weighted by atomic mass is 10.0. The van der Waals surface area contributed by atoms with Gasteiger partial charge in [-0.15, -0.1) is 0 Å². The molecule has 1 aliphatic heterocycles. The molecule has 22 heavy (non-hydrogen) atoms. The molecule has 3 rings (SSSR count). The molecule has 0 radical (unpaired) electrons. The Bertz CT molecular complexity index is 632. The van der Waals surface area contributed by atoms with Crippen molar-refractivity contribution in [3.8, 4) is 0 Å². The predicted molar refractivity (Wildman–Crippen MR) is 92.0 cm³/mol. The summed E-state index contributed by atoms with van der Waals surface area (Å²) in [7, 11) is 0. The Balaban J connectivity index is 1.80. The largest absolute Gasteiger partial charge is 0.353 e. The average Bonchev–Trinajstić information content (AvgIpc) is 2.55. The van der Waals surface area contributed by atoms with E-state index in [9.17, 15) is 0 Å². The summed E-state index contributed by atoms with van der Waals surface area (Å²) in [6.45, 7) is 3.32. The lowest BCUT2D eigenvalue weighted by Crippen LogP contribution is -2.39.